The number of fused-ring (bicyclic) bond motifs is 1. The number of halogens is 1. The number of aromatic nitrogens is 3. The molecule has 0 radical (unpaired) electrons. The Hall–Kier alpha value is -2.28. The van der Waals surface area contributed by atoms with Gasteiger partial charge in [0.05, 0.1) is 11.9 Å². The minimum Gasteiger partial charge on any atom is -0.477 e. The van der Waals surface area contributed by atoms with Crippen molar-refractivity contribution in [1.29, 1.82) is 0 Å². The van der Waals surface area contributed by atoms with E-state index >= 15 is 0 Å². The van der Waals surface area contributed by atoms with Crippen LogP contribution in [-0.4, -0.2) is 25.4 Å². The topological polar surface area (TPSA) is 67.5 Å². The Labute approximate surface area is 111 Å². The minimum atomic E-state index is -0.976. The fourth-order valence-corrected chi connectivity index (χ4v) is 2.68. The van der Waals surface area contributed by atoms with E-state index in [2.05, 4.69) is 9.97 Å². The maximum Gasteiger partial charge on any atom is 0.347 e. The molecule has 3 heterocycles. The average molecular weight is 277 g/mol. The quantitative estimate of drug-likeness (QED) is 0.781. The summed E-state index contributed by atoms with van der Waals surface area (Å²) < 4.78 is 14.5. The molecule has 7 heteroatoms. The summed E-state index contributed by atoms with van der Waals surface area (Å²) >= 11 is 1.09. The van der Waals surface area contributed by atoms with Gasteiger partial charge in [-0.05, 0) is 19.1 Å². The van der Waals surface area contributed by atoms with Crippen LogP contribution in [0.25, 0.3) is 16.3 Å². The lowest BCUT2D eigenvalue weighted by Gasteiger charge is -1.97. The second-order valence-corrected chi connectivity index (χ2v) is 4.97. The van der Waals surface area contributed by atoms with Crippen LogP contribution < -0.4 is 0 Å². The fraction of sp³-hybridized carbons (Fsp3) is 0.0833. The van der Waals surface area contributed by atoms with E-state index in [1.165, 1.54) is 12.3 Å². The predicted octanol–water partition coefficient (Wildman–Crippen LogP) is 2.60. The van der Waals surface area contributed by atoms with Gasteiger partial charge in [0.2, 0.25) is 0 Å². The number of nitrogens with zero attached hydrogens (tertiary/aromatic N) is 3. The average Bonchev–Trinajstić information content (AvgIpc) is 2.91. The predicted molar refractivity (Wildman–Crippen MR) is 68.0 cm³/mol. The number of carbonyl (C=O) groups is 1. The van der Waals surface area contributed by atoms with Crippen molar-refractivity contribution in [2.75, 3.05) is 0 Å². The van der Waals surface area contributed by atoms with Crippen molar-refractivity contribution >= 4 is 22.3 Å². The lowest BCUT2D eigenvalue weighted by Crippen LogP contribution is -1.93. The van der Waals surface area contributed by atoms with Crippen LogP contribution in [0.15, 0.2) is 24.5 Å². The van der Waals surface area contributed by atoms with Crippen molar-refractivity contribution in [2.24, 2.45) is 0 Å². The number of aromatic carboxylic acids is 1. The Kier molecular flexibility index (Phi) is 2.56. The van der Waals surface area contributed by atoms with Crippen LogP contribution in [-0.2, 0) is 0 Å². The summed E-state index contributed by atoms with van der Waals surface area (Å²) in [5, 5.41) is 8.93. The molecule has 0 fully saturated rings. The third kappa shape index (κ3) is 1.88. The molecule has 0 saturated carbocycles. The molecule has 0 atom stereocenters. The molecule has 5 nitrogen and oxygen atoms in total. The van der Waals surface area contributed by atoms with E-state index in [4.69, 9.17) is 5.11 Å². The first kappa shape index (κ1) is 11.8. The molecular formula is C12H8FN3O2S. The van der Waals surface area contributed by atoms with E-state index in [1.807, 2.05) is 6.92 Å². The molecule has 0 amide bonds. The van der Waals surface area contributed by atoms with Crippen LogP contribution >= 0.6 is 11.3 Å². The fourth-order valence-electron chi connectivity index (χ4n) is 1.81. The standard InChI is InChI=1S/C12H8FN3O2S/c1-6-10(8-3-2-7(13)4-14-8)15-12-16(6)5-9(19-12)11(17)18/h2-5H,1H3,(H,17,18). The molecule has 0 spiro atoms. The van der Waals surface area contributed by atoms with Crippen LogP contribution in [0, 0.1) is 12.7 Å². The Morgan fingerprint density at radius 2 is 2.26 bits per heavy atom. The molecule has 96 valence electrons. The Balaban J connectivity index is 2.15. The molecule has 0 bridgehead atoms. The minimum absolute atomic E-state index is 0.226. The summed E-state index contributed by atoms with van der Waals surface area (Å²) in [6.07, 6.45) is 2.66. The molecule has 3 aromatic heterocycles. The van der Waals surface area contributed by atoms with Gasteiger partial charge in [-0.1, -0.05) is 11.3 Å². The molecule has 3 aromatic rings. The highest BCUT2D eigenvalue weighted by Crippen LogP contribution is 2.26. The second-order valence-electron chi connectivity index (χ2n) is 3.96. The van der Waals surface area contributed by atoms with E-state index in [0.717, 1.165) is 23.2 Å². The normalized spacial score (nSPS) is 11.1. The van der Waals surface area contributed by atoms with Gasteiger partial charge in [-0.15, -0.1) is 0 Å². The number of aryl methyl sites for hydroxylation is 1. The zero-order valence-corrected chi connectivity index (χ0v) is 10.6. The zero-order chi connectivity index (χ0) is 13.6. The van der Waals surface area contributed by atoms with Gasteiger partial charge in [0.15, 0.2) is 4.96 Å². The molecule has 0 aliphatic rings. The van der Waals surface area contributed by atoms with Gasteiger partial charge in [-0.25, -0.2) is 14.2 Å². The summed E-state index contributed by atoms with van der Waals surface area (Å²) in [5.74, 6) is -1.38. The third-order valence-electron chi connectivity index (χ3n) is 2.75. The summed E-state index contributed by atoms with van der Waals surface area (Å²) in [5.41, 5.74) is 1.97. The molecule has 3 rings (SSSR count). The highest BCUT2D eigenvalue weighted by molar-refractivity contribution is 7.18. The first-order chi connectivity index (χ1) is 9.06. The molecule has 0 aliphatic carbocycles. The van der Waals surface area contributed by atoms with E-state index in [-0.39, 0.29) is 4.88 Å². The number of carboxylic acids is 1. The Morgan fingerprint density at radius 3 is 2.84 bits per heavy atom. The van der Waals surface area contributed by atoms with Gasteiger partial charge < -0.3 is 5.11 Å². The van der Waals surface area contributed by atoms with Crippen molar-refractivity contribution in [3.8, 4) is 11.4 Å². The molecule has 1 N–H and O–H groups in total. The maximum absolute atomic E-state index is 12.8. The first-order valence-corrected chi connectivity index (χ1v) is 6.21. The van der Waals surface area contributed by atoms with Gasteiger partial charge >= 0.3 is 5.97 Å². The Bertz CT molecular complexity index is 776. The molecule has 19 heavy (non-hydrogen) atoms. The monoisotopic (exact) mass is 277 g/mol. The van der Waals surface area contributed by atoms with Crippen LogP contribution in [0.3, 0.4) is 0 Å². The third-order valence-corrected chi connectivity index (χ3v) is 3.72. The van der Waals surface area contributed by atoms with Crippen molar-refractivity contribution in [2.45, 2.75) is 6.92 Å². The molecule has 0 aliphatic heterocycles. The number of pyridine rings is 1. The lowest BCUT2D eigenvalue weighted by atomic mass is 10.2. The van der Waals surface area contributed by atoms with Crippen molar-refractivity contribution in [3.63, 3.8) is 0 Å². The van der Waals surface area contributed by atoms with Crippen LogP contribution in [0.5, 0.6) is 0 Å². The van der Waals surface area contributed by atoms with E-state index in [9.17, 15) is 9.18 Å². The molecular weight excluding hydrogens is 269 g/mol. The highest BCUT2D eigenvalue weighted by Gasteiger charge is 2.16. The number of hydrogen-bond acceptors (Lipinski definition) is 4. The van der Waals surface area contributed by atoms with Gasteiger partial charge in [0, 0.05) is 11.9 Å². The zero-order valence-electron chi connectivity index (χ0n) is 9.79. The number of hydrogen-bond donors (Lipinski definition) is 1. The van der Waals surface area contributed by atoms with Crippen molar-refractivity contribution < 1.29 is 14.3 Å². The second kappa shape index (κ2) is 4.13. The molecule has 0 saturated heterocycles. The van der Waals surface area contributed by atoms with Gasteiger partial charge in [0.1, 0.15) is 16.4 Å². The van der Waals surface area contributed by atoms with Gasteiger partial charge in [-0.2, -0.15) is 0 Å². The van der Waals surface area contributed by atoms with E-state index < -0.39 is 11.8 Å². The van der Waals surface area contributed by atoms with Crippen LogP contribution in [0.1, 0.15) is 15.4 Å². The van der Waals surface area contributed by atoms with Gasteiger partial charge in [0.25, 0.3) is 0 Å². The summed E-state index contributed by atoms with van der Waals surface area (Å²) in [4.78, 5) is 20.0. The number of thiazole rings is 1. The number of imidazole rings is 1. The lowest BCUT2D eigenvalue weighted by molar-refractivity contribution is 0.0702. The Morgan fingerprint density at radius 1 is 1.47 bits per heavy atom. The first-order valence-electron chi connectivity index (χ1n) is 5.40. The van der Waals surface area contributed by atoms with Crippen LogP contribution in [0.4, 0.5) is 4.39 Å². The highest BCUT2D eigenvalue weighted by atomic mass is 32.1. The SMILES string of the molecule is Cc1c(-c2ccc(F)cn2)nc2sc(C(=O)O)cn12. The largest absolute Gasteiger partial charge is 0.477 e. The maximum atomic E-state index is 12.8. The van der Waals surface area contributed by atoms with Gasteiger partial charge in [-0.3, -0.25) is 9.38 Å². The van der Waals surface area contributed by atoms with E-state index in [1.54, 1.807) is 10.5 Å². The van der Waals surface area contributed by atoms with Crippen LogP contribution in [0.2, 0.25) is 0 Å². The summed E-state index contributed by atoms with van der Waals surface area (Å²) in [6, 6.07) is 2.87. The number of carboxylic acid groups (broad SMARTS) is 1. The van der Waals surface area contributed by atoms with Crippen molar-refractivity contribution in [1.82, 2.24) is 14.4 Å². The summed E-state index contributed by atoms with van der Waals surface area (Å²) in [6.45, 7) is 1.82. The van der Waals surface area contributed by atoms with E-state index in [0.29, 0.717) is 16.3 Å². The summed E-state index contributed by atoms with van der Waals surface area (Å²) in [7, 11) is 0. The van der Waals surface area contributed by atoms with Crippen molar-refractivity contribution in [3.05, 3.63) is 40.9 Å². The smallest absolute Gasteiger partial charge is 0.347 e. The molecule has 0 aromatic carbocycles. The number of rotatable bonds is 2. The molecule has 0 unspecified atom stereocenters.